The van der Waals surface area contributed by atoms with Gasteiger partial charge in [0.15, 0.2) is 0 Å². The average molecular weight is 289 g/mol. The summed E-state index contributed by atoms with van der Waals surface area (Å²) in [6.45, 7) is 8.97. The Bertz CT molecular complexity index is 464. The summed E-state index contributed by atoms with van der Waals surface area (Å²) < 4.78 is 0. The van der Waals surface area contributed by atoms with Crippen molar-refractivity contribution in [1.29, 1.82) is 0 Å². The Balaban J connectivity index is 1.73. The molecule has 0 aliphatic carbocycles. The second-order valence-electron chi connectivity index (χ2n) is 6.33. The molecule has 0 saturated carbocycles. The maximum Gasteiger partial charge on any atom is 0.134 e. The zero-order valence-electron chi connectivity index (χ0n) is 13.3. The van der Waals surface area contributed by atoms with Crippen LogP contribution in [-0.2, 0) is 0 Å². The molecule has 21 heavy (non-hydrogen) atoms. The number of hydrogen-bond acceptors (Lipinski definition) is 5. The molecular weight excluding hydrogens is 262 g/mol. The summed E-state index contributed by atoms with van der Waals surface area (Å²) in [4.78, 5) is 14.0. The molecule has 1 aromatic heterocycles. The SMILES string of the molecule is CCCNc1cc(N2CC3CCCCN3CC2C)ncn1. The Morgan fingerprint density at radius 2 is 2.19 bits per heavy atom. The summed E-state index contributed by atoms with van der Waals surface area (Å²) in [5, 5.41) is 3.36. The highest BCUT2D eigenvalue weighted by Crippen LogP contribution is 2.27. The van der Waals surface area contributed by atoms with Crippen LogP contribution in [0.15, 0.2) is 12.4 Å². The van der Waals surface area contributed by atoms with E-state index in [1.54, 1.807) is 6.33 Å². The summed E-state index contributed by atoms with van der Waals surface area (Å²) in [5.74, 6) is 2.02. The molecule has 0 radical (unpaired) electrons. The van der Waals surface area contributed by atoms with Crippen molar-refractivity contribution >= 4 is 11.6 Å². The van der Waals surface area contributed by atoms with Crippen LogP contribution in [0, 0.1) is 0 Å². The predicted octanol–water partition coefficient (Wildman–Crippen LogP) is 2.36. The Morgan fingerprint density at radius 3 is 3.05 bits per heavy atom. The van der Waals surface area contributed by atoms with Gasteiger partial charge in [-0.25, -0.2) is 9.97 Å². The van der Waals surface area contributed by atoms with Crippen LogP contribution in [0.5, 0.6) is 0 Å². The van der Waals surface area contributed by atoms with Crippen molar-refractivity contribution in [3.8, 4) is 0 Å². The molecule has 0 bridgehead atoms. The minimum atomic E-state index is 0.522. The number of aromatic nitrogens is 2. The van der Waals surface area contributed by atoms with Gasteiger partial charge in [0.2, 0.25) is 0 Å². The van der Waals surface area contributed by atoms with Crippen LogP contribution >= 0.6 is 0 Å². The van der Waals surface area contributed by atoms with Gasteiger partial charge in [0, 0.05) is 37.8 Å². The van der Waals surface area contributed by atoms with Gasteiger partial charge in [0.05, 0.1) is 0 Å². The second-order valence-corrected chi connectivity index (χ2v) is 6.33. The lowest BCUT2D eigenvalue weighted by molar-refractivity contribution is 0.115. The van der Waals surface area contributed by atoms with Gasteiger partial charge in [-0.1, -0.05) is 13.3 Å². The fourth-order valence-electron chi connectivity index (χ4n) is 3.53. The van der Waals surface area contributed by atoms with Crippen LogP contribution < -0.4 is 10.2 Å². The number of piperazine rings is 1. The third kappa shape index (κ3) is 3.28. The van der Waals surface area contributed by atoms with E-state index in [2.05, 4.69) is 45.0 Å². The molecule has 0 spiro atoms. The van der Waals surface area contributed by atoms with Gasteiger partial charge in [-0.3, -0.25) is 4.90 Å². The fourth-order valence-corrected chi connectivity index (χ4v) is 3.53. The zero-order chi connectivity index (χ0) is 14.7. The highest BCUT2D eigenvalue weighted by atomic mass is 15.3. The largest absolute Gasteiger partial charge is 0.370 e. The van der Waals surface area contributed by atoms with Gasteiger partial charge in [0.1, 0.15) is 18.0 Å². The van der Waals surface area contributed by atoms with E-state index in [4.69, 9.17) is 0 Å². The number of piperidine rings is 1. The maximum atomic E-state index is 4.52. The Kier molecular flexibility index (Phi) is 4.58. The molecule has 1 aromatic rings. The van der Waals surface area contributed by atoms with Crippen LogP contribution in [0.4, 0.5) is 11.6 Å². The molecule has 3 heterocycles. The van der Waals surface area contributed by atoms with Crippen molar-refractivity contribution in [3.63, 3.8) is 0 Å². The number of nitrogens with one attached hydrogen (secondary N) is 1. The van der Waals surface area contributed by atoms with Crippen LogP contribution in [0.2, 0.25) is 0 Å². The molecule has 0 amide bonds. The molecular formula is C16H27N5. The van der Waals surface area contributed by atoms with Gasteiger partial charge < -0.3 is 10.2 Å². The molecule has 5 nitrogen and oxygen atoms in total. The normalized spacial score (nSPS) is 26.5. The lowest BCUT2D eigenvalue weighted by Gasteiger charge is -2.48. The maximum absolute atomic E-state index is 4.52. The first-order valence-electron chi connectivity index (χ1n) is 8.34. The van der Waals surface area contributed by atoms with Gasteiger partial charge in [0.25, 0.3) is 0 Å². The highest BCUT2D eigenvalue weighted by Gasteiger charge is 2.33. The number of rotatable bonds is 4. The molecule has 2 saturated heterocycles. The van der Waals surface area contributed by atoms with Crippen molar-refractivity contribution in [2.24, 2.45) is 0 Å². The Morgan fingerprint density at radius 1 is 1.29 bits per heavy atom. The smallest absolute Gasteiger partial charge is 0.134 e. The van der Waals surface area contributed by atoms with E-state index in [1.165, 1.54) is 25.8 Å². The average Bonchev–Trinajstić information content (AvgIpc) is 2.52. The van der Waals surface area contributed by atoms with Crippen molar-refractivity contribution < 1.29 is 0 Å². The standard InChI is InChI=1S/C16H27N5/c1-3-7-17-15-9-16(19-12-18-15)21-11-14-6-4-5-8-20(14)10-13(21)2/h9,12-14H,3-8,10-11H2,1-2H3,(H,17,18,19). The van der Waals surface area contributed by atoms with Gasteiger partial charge in [-0.15, -0.1) is 0 Å². The summed E-state index contributed by atoms with van der Waals surface area (Å²) in [5.41, 5.74) is 0. The van der Waals surface area contributed by atoms with Crippen molar-refractivity contribution in [1.82, 2.24) is 14.9 Å². The van der Waals surface area contributed by atoms with Crippen molar-refractivity contribution in [2.45, 2.75) is 51.6 Å². The van der Waals surface area contributed by atoms with Crippen molar-refractivity contribution in [2.75, 3.05) is 36.4 Å². The Hall–Kier alpha value is -1.36. The van der Waals surface area contributed by atoms with E-state index in [9.17, 15) is 0 Å². The van der Waals surface area contributed by atoms with E-state index in [1.807, 2.05) is 0 Å². The van der Waals surface area contributed by atoms with E-state index < -0.39 is 0 Å². The van der Waals surface area contributed by atoms with Gasteiger partial charge in [-0.2, -0.15) is 0 Å². The number of nitrogens with zero attached hydrogens (tertiary/aromatic N) is 4. The number of anilines is 2. The third-order valence-corrected chi connectivity index (χ3v) is 4.69. The van der Waals surface area contributed by atoms with E-state index in [-0.39, 0.29) is 0 Å². The summed E-state index contributed by atoms with van der Waals surface area (Å²) in [7, 11) is 0. The molecule has 2 atom stereocenters. The van der Waals surface area contributed by atoms with Crippen molar-refractivity contribution in [3.05, 3.63) is 12.4 Å². The molecule has 5 heteroatoms. The molecule has 2 unspecified atom stereocenters. The first-order chi connectivity index (χ1) is 10.3. The third-order valence-electron chi connectivity index (χ3n) is 4.69. The van der Waals surface area contributed by atoms with Crippen LogP contribution in [0.3, 0.4) is 0 Å². The predicted molar refractivity (Wildman–Crippen MR) is 86.8 cm³/mol. The van der Waals surface area contributed by atoms with Crippen LogP contribution in [0.1, 0.15) is 39.5 Å². The highest BCUT2D eigenvalue weighted by molar-refractivity contribution is 5.49. The lowest BCUT2D eigenvalue weighted by atomic mass is 9.97. The monoisotopic (exact) mass is 289 g/mol. The topological polar surface area (TPSA) is 44.3 Å². The summed E-state index contributed by atoms with van der Waals surface area (Å²) in [6, 6.07) is 3.33. The molecule has 2 aliphatic heterocycles. The number of fused-ring (bicyclic) bond motifs is 1. The molecule has 2 aliphatic rings. The minimum Gasteiger partial charge on any atom is -0.370 e. The van der Waals surface area contributed by atoms with Crippen LogP contribution in [-0.4, -0.2) is 53.1 Å². The fraction of sp³-hybridized carbons (Fsp3) is 0.750. The molecule has 2 fully saturated rings. The first kappa shape index (κ1) is 14.6. The second kappa shape index (κ2) is 6.60. The molecule has 1 N–H and O–H groups in total. The quantitative estimate of drug-likeness (QED) is 0.922. The van der Waals surface area contributed by atoms with Gasteiger partial charge >= 0.3 is 0 Å². The zero-order valence-corrected chi connectivity index (χ0v) is 13.3. The lowest BCUT2D eigenvalue weighted by Crippen LogP contribution is -2.59. The molecule has 0 aromatic carbocycles. The number of hydrogen-bond donors (Lipinski definition) is 1. The molecule has 3 rings (SSSR count). The van der Waals surface area contributed by atoms with E-state index in [0.29, 0.717) is 12.1 Å². The molecule has 116 valence electrons. The van der Waals surface area contributed by atoms with Gasteiger partial charge in [-0.05, 0) is 32.7 Å². The summed E-state index contributed by atoms with van der Waals surface area (Å²) in [6.07, 6.45) is 6.86. The Labute approximate surface area is 127 Å². The summed E-state index contributed by atoms with van der Waals surface area (Å²) >= 11 is 0. The first-order valence-corrected chi connectivity index (χ1v) is 8.34. The van der Waals surface area contributed by atoms with E-state index in [0.717, 1.165) is 37.7 Å². The van der Waals surface area contributed by atoms with E-state index >= 15 is 0 Å². The van der Waals surface area contributed by atoms with Crippen LogP contribution in [0.25, 0.3) is 0 Å². The minimum absolute atomic E-state index is 0.522.